The first-order chi connectivity index (χ1) is 16.7. The Hall–Kier alpha value is -2.55. The molecular weight excluding hydrogens is 553 g/mol. The monoisotopic (exact) mass is 587 g/mol. The van der Waals surface area contributed by atoms with Gasteiger partial charge >= 0.3 is 6.09 Å². The van der Waals surface area contributed by atoms with Crippen LogP contribution in [-0.4, -0.2) is 43.3 Å². The highest BCUT2D eigenvalue weighted by Gasteiger charge is 2.40. The summed E-state index contributed by atoms with van der Waals surface area (Å²) in [6.45, 7) is 9.01. The Morgan fingerprint density at radius 3 is 2.60 bits per heavy atom. The summed E-state index contributed by atoms with van der Waals surface area (Å²) >= 11 is -0.277. The average molecular weight is 588 g/mol. The number of amides is 1. The lowest BCUT2D eigenvalue weighted by Gasteiger charge is -2.43. The summed E-state index contributed by atoms with van der Waals surface area (Å²) in [6.07, 6.45) is 4.50. The molecule has 2 heterocycles. The van der Waals surface area contributed by atoms with Crippen molar-refractivity contribution in [3.05, 3.63) is 71.3 Å². The lowest BCUT2D eigenvalue weighted by Crippen LogP contribution is -2.50. The van der Waals surface area contributed by atoms with Crippen molar-refractivity contribution in [1.82, 2.24) is 4.90 Å². The molecule has 186 valence electrons. The summed E-state index contributed by atoms with van der Waals surface area (Å²) < 4.78 is 14.2. The number of carbonyl (C=O) groups excluding carboxylic acids is 1. The third-order valence-electron chi connectivity index (χ3n) is 6.08. The minimum absolute atomic E-state index is 0.266. The molecule has 0 aromatic heterocycles. The summed E-state index contributed by atoms with van der Waals surface area (Å²) in [5.74, 6) is 0.869. The van der Waals surface area contributed by atoms with Crippen LogP contribution in [0.25, 0.3) is 5.57 Å². The van der Waals surface area contributed by atoms with E-state index in [1.54, 1.807) is 4.90 Å². The number of rotatable bonds is 5. The number of nitrogens with one attached hydrogen (secondary N) is 1. The molecule has 0 radical (unpaired) electrons. The van der Waals surface area contributed by atoms with Gasteiger partial charge in [-0.2, -0.15) is 5.11 Å². The molecule has 2 aromatic rings. The van der Waals surface area contributed by atoms with E-state index in [-0.39, 0.29) is 26.8 Å². The molecule has 1 spiro atoms. The lowest BCUT2D eigenvalue weighted by molar-refractivity contribution is -0.00115. The van der Waals surface area contributed by atoms with Crippen molar-refractivity contribution < 1.29 is 14.3 Å². The SMILES string of the molecule is CCCI=C(N=N)c1cccc(C2=CC3(CCN(C(=O)OC(C)(C)C)CC3)Oc3ccccc32)c1. The number of hydrogen-bond donors (Lipinski definition) is 1. The number of benzene rings is 2. The number of nitrogens with zero attached hydrogens (tertiary/aromatic N) is 2. The molecule has 0 saturated carbocycles. The van der Waals surface area contributed by atoms with Crippen molar-refractivity contribution in [3.63, 3.8) is 0 Å². The zero-order valence-electron chi connectivity index (χ0n) is 20.9. The summed E-state index contributed by atoms with van der Waals surface area (Å²) in [5.41, 5.74) is 11.1. The first-order valence-electron chi connectivity index (χ1n) is 12.2. The predicted octanol–water partition coefficient (Wildman–Crippen LogP) is 7.17. The van der Waals surface area contributed by atoms with Gasteiger partial charge in [-0.05, 0) is 61.0 Å². The molecule has 0 unspecified atom stereocenters. The molecule has 1 amide bonds. The van der Waals surface area contributed by atoms with E-state index in [4.69, 9.17) is 15.0 Å². The fraction of sp³-hybridized carbons (Fsp3) is 0.429. The number of hydrogen-bond acceptors (Lipinski definition) is 5. The van der Waals surface area contributed by atoms with Gasteiger partial charge in [0.25, 0.3) is 0 Å². The van der Waals surface area contributed by atoms with Crippen LogP contribution in [0.3, 0.4) is 0 Å². The summed E-state index contributed by atoms with van der Waals surface area (Å²) in [5, 5.41) is 3.88. The van der Waals surface area contributed by atoms with E-state index < -0.39 is 11.2 Å². The Morgan fingerprint density at radius 2 is 1.91 bits per heavy atom. The highest BCUT2D eigenvalue weighted by molar-refractivity contribution is 14.2. The molecule has 35 heavy (non-hydrogen) atoms. The van der Waals surface area contributed by atoms with E-state index in [1.165, 1.54) is 0 Å². The molecule has 2 aliphatic rings. The van der Waals surface area contributed by atoms with Gasteiger partial charge in [-0.25, -0.2) is 10.3 Å². The van der Waals surface area contributed by atoms with Crippen LogP contribution in [0.15, 0.2) is 59.7 Å². The molecule has 1 fully saturated rings. The molecule has 7 heteroatoms. The van der Waals surface area contributed by atoms with E-state index >= 15 is 0 Å². The van der Waals surface area contributed by atoms with Crippen molar-refractivity contribution in [2.75, 3.05) is 17.5 Å². The molecule has 1 saturated heterocycles. The second-order valence-corrected chi connectivity index (χ2v) is 12.9. The number of halogens is 1. The van der Waals surface area contributed by atoms with Crippen LogP contribution in [-0.2, 0) is 4.74 Å². The normalized spacial score (nSPS) is 17.5. The van der Waals surface area contributed by atoms with E-state index in [2.05, 4.69) is 48.4 Å². The lowest BCUT2D eigenvalue weighted by atomic mass is 9.82. The van der Waals surface area contributed by atoms with Gasteiger partial charge in [0.15, 0.2) is 0 Å². The van der Waals surface area contributed by atoms with Crippen LogP contribution in [0.2, 0.25) is 0 Å². The van der Waals surface area contributed by atoms with Crippen molar-refractivity contribution in [2.24, 2.45) is 5.11 Å². The van der Waals surface area contributed by atoms with Crippen LogP contribution in [0, 0.1) is 5.53 Å². The first-order valence-corrected chi connectivity index (χ1v) is 14.8. The van der Waals surface area contributed by atoms with Crippen molar-refractivity contribution in [2.45, 2.75) is 58.2 Å². The largest absolute Gasteiger partial charge is 0.482 e. The first kappa shape index (κ1) is 25.5. The quantitative estimate of drug-likeness (QED) is 0.229. The second-order valence-electron chi connectivity index (χ2n) is 9.99. The van der Waals surface area contributed by atoms with E-state index in [0.717, 1.165) is 42.5 Å². The van der Waals surface area contributed by atoms with Crippen LogP contribution < -0.4 is 4.74 Å². The molecule has 0 aliphatic carbocycles. The third-order valence-corrected chi connectivity index (χ3v) is 9.28. The fourth-order valence-electron chi connectivity index (χ4n) is 4.42. The maximum Gasteiger partial charge on any atom is 0.410 e. The molecule has 6 nitrogen and oxygen atoms in total. The number of fused-ring (bicyclic) bond motifs is 1. The number of para-hydroxylation sites is 1. The molecular formula is C28H34IN3O3. The minimum Gasteiger partial charge on any atom is -0.482 e. The zero-order chi connectivity index (χ0) is 25.1. The number of ether oxygens (including phenoxy) is 2. The predicted molar refractivity (Wildman–Crippen MR) is 149 cm³/mol. The van der Waals surface area contributed by atoms with Crippen LogP contribution in [0.1, 0.15) is 63.6 Å². The fourth-order valence-corrected chi connectivity index (χ4v) is 6.41. The molecule has 0 bridgehead atoms. The van der Waals surface area contributed by atoms with E-state index in [9.17, 15) is 4.79 Å². The van der Waals surface area contributed by atoms with Gasteiger partial charge in [0.1, 0.15) is 20.6 Å². The highest BCUT2D eigenvalue weighted by Crippen LogP contribution is 2.43. The summed E-state index contributed by atoms with van der Waals surface area (Å²) in [4.78, 5) is 14.4. The molecule has 2 aliphatic heterocycles. The Bertz CT molecular complexity index is 1160. The highest BCUT2D eigenvalue weighted by atomic mass is 127. The number of carbonyl (C=O) groups is 1. The Morgan fingerprint density at radius 1 is 1.17 bits per heavy atom. The number of likely N-dealkylation sites (tertiary alicyclic amines) is 1. The van der Waals surface area contributed by atoms with E-state index in [0.29, 0.717) is 25.9 Å². The standard InChI is InChI=1S/C28H34IN3O3/c1-5-15-29-25(31-30)21-10-8-9-20(18-21)23-19-28(34-24-12-7-6-11-22(23)24)13-16-32(17-14-28)26(33)35-27(2,3)4/h6-12,18-19,30H,5,13-17H2,1-4H3. The summed E-state index contributed by atoms with van der Waals surface area (Å²) in [7, 11) is 0. The van der Waals surface area contributed by atoms with Gasteiger partial charge in [-0.15, -0.1) is 0 Å². The average Bonchev–Trinajstić information content (AvgIpc) is 2.83. The zero-order valence-corrected chi connectivity index (χ0v) is 23.1. The van der Waals surface area contributed by atoms with Crippen LogP contribution in [0.4, 0.5) is 4.79 Å². The van der Waals surface area contributed by atoms with E-state index in [1.807, 2.05) is 39.0 Å². The van der Waals surface area contributed by atoms with Crippen molar-refractivity contribution in [3.8, 4) is 5.75 Å². The van der Waals surface area contributed by atoms with Crippen LogP contribution in [0.5, 0.6) is 5.75 Å². The minimum atomic E-state index is -0.509. The summed E-state index contributed by atoms with van der Waals surface area (Å²) in [6, 6.07) is 16.6. The van der Waals surface area contributed by atoms with Gasteiger partial charge in [0.05, 0.1) is 0 Å². The Balaban J connectivity index is 1.66. The van der Waals surface area contributed by atoms with Gasteiger partial charge < -0.3 is 14.4 Å². The van der Waals surface area contributed by atoms with Gasteiger partial charge in [0, 0.05) is 37.1 Å². The number of alkyl halides is 1. The topological polar surface area (TPSA) is 75.0 Å². The van der Waals surface area contributed by atoms with Crippen molar-refractivity contribution >= 4 is 36.0 Å². The smallest absolute Gasteiger partial charge is 0.410 e. The maximum absolute atomic E-state index is 12.6. The molecule has 4 rings (SSSR count). The van der Waals surface area contributed by atoms with Crippen molar-refractivity contribution in [1.29, 1.82) is 5.53 Å². The third kappa shape index (κ3) is 6.00. The molecule has 1 N–H and O–H groups in total. The van der Waals surface area contributed by atoms with Crippen LogP contribution >= 0.6 is 20.7 Å². The van der Waals surface area contributed by atoms with Gasteiger partial charge in [0.2, 0.25) is 0 Å². The number of piperidine rings is 1. The Kier molecular flexibility index (Phi) is 7.73. The molecule has 2 aromatic carbocycles. The Labute approximate surface area is 218 Å². The maximum atomic E-state index is 12.6. The second kappa shape index (κ2) is 10.6. The van der Waals surface area contributed by atoms with Gasteiger partial charge in [-0.1, -0.05) is 64.1 Å². The van der Waals surface area contributed by atoms with Gasteiger partial charge in [-0.3, -0.25) is 0 Å². The molecule has 0 atom stereocenters.